The first-order valence-electron chi connectivity index (χ1n) is 2.84. The summed E-state index contributed by atoms with van der Waals surface area (Å²) in [5.74, 6) is 0. The molecular formula is C6H6ClNOS2. The van der Waals surface area contributed by atoms with Crippen LogP contribution in [0.4, 0.5) is 0 Å². The number of rotatable bonds is 3. The van der Waals surface area contributed by atoms with Crippen molar-refractivity contribution in [1.82, 2.24) is 4.13 Å². The molecule has 1 unspecified atom stereocenters. The number of benzene rings is 1. The Bertz CT molecular complexity index is 242. The minimum absolute atomic E-state index is 0.723. The first-order valence-corrected chi connectivity index (χ1v) is 5.64. The SMILES string of the molecule is O=S(NSCl)c1ccccc1. The Kier molecular flexibility index (Phi) is 3.93. The Labute approximate surface area is 76.6 Å². The van der Waals surface area contributed by atoms with E-state index in [9.17, 15) is 4.21 Å². The Balaban J connectivity index is 2.69. The van der Waals surface area contributed by atoms with Crippen LogP contribution in [0.1, 0.15) is 0 Å². The van der Waals surface area contributed by atoms with E-state index >= 15 is 0 Å². The van der Waals surface area contributed by atoms with Gasteiger partial charge in [-0.15, -0.1) is 0 Å². The highest BCUT2D eigenvalue weighted by Crippen LogP contribution is 2.07. The average Bonchev–Trinajstić information content (AvgIpc) is 2.07. The van der Waals surface area contributed by atoms with Crippen molar-refractivity contribution in [3.05, 3.63) is 30.3 Å². The van der Waals surface area contributed by atoms with Crippen LogP contribution in [0, 0.1) is 0 Å². The lowest BCUT2D eigenvalue weighted by Crippen LogP contribution is -2.05. The molecule has 5 heteroatoms. The number of nitrogens with one attached hydrogen (secondary N) is 1. The first kappa shape index (κ1) is 9.06. The summed E-state index contributed by atoms with van der Waals surface area (Å²) in [5.41, 5.74) is 0. The summed E-state index contributed by atoms with van der Waals surface area (Å²) < 4.78 is 13.7. The van der Waals surface area contributed by atoms with E-state index in [4.69, 9.17) is 10.7 Å². The van der Waals surface area contributed by atoms with Crippen LogP contribution in [0.15, 0.2) is 35.2 Å². The second-order valence-corrected chi connectivity index (χ2v) is 4.04. The fourth-order valence-electron chi connectivity index (χ4n) is 0.621. The van der Waals surface area contributed by atoms with E-state index in [0.29, 0.717) is 0 Å². The van der Waals surface area contributed by atoms with Gasteiger partial charge in [0.15, 0.2) is 0 Å². The molecule has 0 spiro atoms. The predicted molar refractivity (Wildman–Crippen MR) is 49.4 cm³/mol. The lowest BCUT2D eigenvalue weighted by molar-refractivity contribution is 0.682. The van der Waals surface area contributed by atoms with E-state index < -0.39 is 11.0 Å². The normalized spacial score (nSPS) is 12.8. The fraction of sp³-hybridized carbons (Fsp3) is 0. The van der Waals surface area contributed by atoms with Gasteiger partial charge in [-0.1, -0.05) is 18.2 Å². The van der Waals surface area contributed by atoms with E-state index in [1.54, 1.807) is 12.1 Å². The summed E-state index contributed by atoms with van der Waals surface area (Å²) in [6.07, 6.45) is 0. The molecule has 0 aliphatic heterocycles. The largest absolute Gasteiger partial charge is 0.237 e. The van der Waals surface area contributed by atoms with E-state index in [1.807, 2.05) is 18.2 Å². The molecule has 11 heavy (non-hydrogen) atoms. The maximum absolute atomic E-state index is 11.1. The van der Waals surface area contributed by atoms with Gasteiger partial charge >= 0.3 is 0 Å². The molecule has 0 aromatic heterocycles. The third-order valence-electron chi connectivity index (χ3n) is 1.06. The van der Waals surface area contributed by atoms with Crippen LogP contribution in [-0.2, 0) is 11.0 Å². The predicted octanol–water partition coefficient (Wildman–Crippen LogP) is 2.10. The highest BCUT2D eigenvalue weighted by Gasteiger charge is 1.99. The van der Waals surface area contributed by atoms with E-state index in [-0.39, 0.29) is 0 Å². The third-order valence-corrected chi connectivity index (χ3v) is 3.19. The lowest BCUT2D eigenvalue weighted by Gasteiger charge is -1.97. The number of hydrogen-bond acceptors (Lipinski definition) is 2. The Morgan fingerprint density at radius 3 is 2.55 bits per heavy atom. The first-order chi connectivity index (χ1) is 5.34. The molecule has 0 radical (unpaired) electrons. The average molecular weight is 208 g/mol. The molecule has 0 bridgehead atoms. The van der Waals surface area contributed by atoms with Gasteiger partial charge in [-0.2, -0.15) is 4.13 Å². The van der Waals surface area contributed by atoms with Crippen LogP contribution in [0.5, 0.6) is 0 Å². The molecule has 2 nitrogen and oxygen atoms in total. The summed E-state index contributed by atoms with van der Waals surface area (Å²) in [4.78, 5) is 0.723. The molecular weight excluding hydrogens is 202 g/mol. The van der Waals surface area contributed by atoms with Gasteiger partial charge in [-0.05, 0) is 22.8 Å². The molecule has 60 valence electrons. The van der Waals surface area contributed by atoms with Crippen LogP contribution in [-0.4, -0.2) is 4.21 Å². The van der Waals surface area contributed by atoms with Gasteiger partial charge in [0.25, 0.3) is 0 Å². The molecule has 0 fully saturated rings. The quantitative estimate of drug-likeness (QED) is 0.770. The smallest absolute Gasteiger partial charge is 0.135 e. The highest BCUT2D eigenvalue weighted by molar-refractivity contribution is 8.24. The van der Waals surface area contributed by atoms with Crippen molar-refractivity contribution in [2.75, 3.05) is 0 Å². The summed E-state index contributed by atoms with van der Waals surface area (Å²) >= 11 is 0.827. The Morgan fingerprint density at radius 2 is 2.00 bits per heavy atom. The second-order valence-electron chi connectivity index (χ2n) is 1.74. The van der Waals surface area contributed by atoms with Gasteiger partial charge < -0.3 is 0 Å². The molecule has 0 aliphatic carbocycles. The molecule has 0 amide bonds. The second kappa shape index (κ2) is 4.77. The zero-order chi connectivity index (χ0) is 8.10. The van der Waals surface area contributed by atoms with E-state index in [0.717, 1.165) is 16.1 Å². The van der Waals surface area contributed by atoms with Crippen LogP contribution in [0.2, 0.25) is 0 Å². The maximum atomic E-state index is 11.1. The summed E-state index contributed by atoms with van der Waals surface area (Å²) in [7, 11) is 4.06. The summed E-state index contributed by atoms with van der Waals surface area (Å²) in [5, 5.41) is 0. The molecule has 0 saturated heterocycles. The van der Waals surface area contributed by atoms with Gasteiger partial charge in [0.1, 0.15) is 11.0 Å². The van der Waals surface area contributed by atoms with Gasteiger partial charge in [0, 0.05) is 11.2 Å². The topological polar surface area (TPSA) is 29.1 Å². The van der Waals surface area contributed by atoms with Crippen molar-refractivity contribution < 1.29 is 4.21 Å². The van der Waals surface area contributed by atoms with Gasteiger partial charge in [-0.25, -0.2) is 4.21 Å². The van der Waals surface area contributed by atoms with E-state index in [1.165, 1.54) is 0 Å². The van der Waals surface area contributed by atoms with Crippen LogP contribution in [0.3, 0.4) is 0 Å². The van der Waals surface area contributed by atoms with Crippen molar-refractivity contribution in [2.45, 2.75) is 4.90 Å². The standard InChI is InChI=1S/C6H6ClNOS2/c7-10-8-11(9)6-4-2-1-3-5-6/h1-5,8H. The van der Waals surface area contributed by atoms with Crippen molar-refractivity contribution in [3.8, 4) is 0 Å². The van der Waals surface area contributed by atoms with Gasteiger partial charge in [0.05, 0.1) is 4.90 Å². The van der Waals surface area contributed by atoms with Crippen molar-refractivity contribution >= 4 is 32.8 Å². The van der Waals surface area contributed by atoms with Crippen molar-refractivity contribution in [2.24, 2.45) is 0 Å². The van der Waals surface area contributed by atoms with Crippen LogP contribution in [0.25, 0.3) is 0 Å². The van der Waals surface area contributed by atoms with Gasteiger partial charge in [0.2, 0.25) is 0 Å². The molecule has 1 atom stereocenters. The molecule has 0 heterocycles. The molecule has 1 aromatic carbocycles. The van der Waals surface area contributed by atoms with E-state index in [2.05, 4.69) is 4.13 Å². The fourth-order valence-corrected chi connectivity index (χ4v) is 2.15. The zero-order valence-electron chi connectivity index (χ0n) is 5.49. The number of halogens is 1. The Morgan fingerprint density at radius 1 is 1.36 bits per heavy atom. The van der Waals surface area contributed by atoms with Crippen molar-refractivity contribution in [3.63, 3.8) is 0 Å². The molecule has 0 saturated carbocycles. The molecule has 1 rings (SSSR count). The van der Waals surface area contributed by atoms with Crippen LogP contribution >= 0.6 is 21.8 Å². The van der Waals surface area contributed by atoms with Crippen molar-refractivity contribution in [1.29, 1.82) is 0 Å². The zero-order valence-corrected chi connectivity index (χ0v) is 7.88. The summed E-state index contributed by atoms with van der Waals surface area (Å²) in [6, 6.07) is 9.07. The molecule has 1 aromatic rings. The summed E-state index contributed by atoms with van der Waals surface area (Å²) in [6.45, 7) is 0. The minimum Gasteiger partial charge on any atom is -0.237 e. The molecule has 1 N–H and O–H groups in total. The lowest BCUT2D eigenvalue weighted by atomic mass is 10.4. The molecule has 0 aliphatic rings. The van der Waals surface area contributed by atoms with Crippen LogP contribution < -0.4 is 4.13 Å². The maximum Gasteiger partial charge on any atom is 0.135 e. The monoisotopic (exact) mass is 207 g/mol. The Hall–Kier alpha value is -0.0300. The minimum atomic E-state index is -1.20. The van der Waals surface area contributed by atoms with Gasteiger partial charge in [-0.3, -0.25) is 0 Å². The third kappa shape index (κ3) is 2.83. The number of hydrogen-bond donors (Lipinski definition) is 1. The highest BCUT2D eigenvalue weighted by atomic mass is 35.7.